The summed E-state index contributed by atoms with van der Waals surface area (Å²) in [6.45, 7) is 10.2. The van der Waals surface area contributed by atoms with Gasteiger partial charge in [-0.15, -0.1) is 5.10 Å². The second kappa shape index (κ2) is 11.6. The Morgan fingerprint density at radius 3 is 2.47 bits per heavy atom. The molecule has 0 aliphatic carbocycles. The summed E-state index contributed by atoms with van der Waals surface area (Å²) in [7, 11) is -1.77. The van der Waals surface area contributed by atoms with Crippen molar-refractivity contribution >= 4 is 15.5 Å². The first-order valence-electron chi connectivity index (χ1n) is 13.4. The molecule has 1 atom stereocenters. The predicted octanol–water partition coefficient (Wildman–Crippen LogP) is 3.12. The number of H-pyrrole nitrogens is 1. The molecule has 0 spiro atoms. The van der Waals surface area contributed by atoms with Crippen LogP contribution in [0.2, 0.25) is 0 Å². The molecular weight excluding hydrogens is 506 g/mol. The smallest absolute Gasteiger partial charge is 0.275 e. The molecule has 1 aromatic carbocycles. The van der Waals surface area contributed by atoms with Gasteiger partial charge in [0.2, 0.25) is 10.0 Å². The monoisotopic (exact) mass is 545 g/mol. The highest BCUT2D eigenvalue weighted by molar-refractivity contribution is 7.89. The number of hydrogen-bond donors (Lipinski definition) is 2. The summed E-state index contributed by atoms with van der Waals surface area (Å²) in [6.07, 6.45) is 2.14. The summed E-state index contributed by atoms with van der Waals surface area (Å²) in [4.78, 5) is 18.5. The number of nitrogens with zero attached hydrogens (tertiary/aromatic N) is 4. The number of ether oxygens (including phenoxy) is 1. The number of aliphatic hydroxyl groups is 1. The van der Waals surface area contributed by atoms with Crippen molar-refractivity contribution in [2.24, 2.45) is 0 Å². The number of rotatable bonds is 10. The first kappa shape index (κ1) is 28.3. The van der Waals surface area contributed by atoms with Crippen LogP contribution in [0.4, 0.5) is 0 Å². The molecule has 2 N–H and O–H groups in total. The van der Waals surface area contributed by atoms with Gasteiger partial charge in [-0.1, -0.05) is 26.7 Å². The minimum Gasteiger partial charge on any atom is -0.493 e. The number of aromatic nitrogens is 3. The number of aromatic amines is 1. The standard InChI is InChI=1S/C27H39N5O5S/c1-6-9-21-24(22(33)10-7-2)18(4)25-27(34)28-26(29-32(21)25)20-17-19(11-12-23(20)37-8-3)38(35,36)31-15-13-30(5)14-16-31/h11-12,17,22,33H,6-10,13-16H2,1-5H3,(H,28,29,34). The molecular formula is C27H39N5O5S. The van der Waals surface area contributed by atoms with Crippen LogP contribution in [0.15, 0.2) is 27.9 Å². The maximum Gasteiger partial charge on any atom is 0.275 e. The molecule has 1 saturated heterocycles. The predicted molar refractivity (Wildman–Crippen MR) is 147 cm³/mol. The van der Waals surface area contributed by atoms with Gasteiger partial charge in [-0.2, -0.15) is 4.31 Å². The zero-order chi connectivity index (χ0) is 27.6. The first-order valence-corrected chi connectivity index (χ1v) is 14.9. The molecule has 1 unspecified atom stereocenters. The third kappa shape index (κ3) is 5.25. The molecule has 3 heterocycles. The molecule has 2 aromatic heterocycles. The van der Waals surface area contributed by atoms with Gasteiger partial charge in [0.15, 0.2) is 5.82 Å². The van der Waals surface area contributed by atoms with Crippen LogP contribution in [-0.4, -0.2) is 77.2 Å². The Labute approximate surface area is 224 Å². The maximum atomic E-state index is 13.5. The maximum absolute atomic E-state index is 13.5. The lowest BCUT2D eigenvalue weighted by Crippen LogP contribution is -2.47. The highest BCUT2D eigenvalue weighted by Crippen LogP contribution is 2.34. The minimum atomic E-state index is -3.75. The Hall–Kier alpha value is -2.73. The summed E-state index contributed by atoms with van der Waals surface area (Å²) in [5.74, 6) is 0.643. The van der Waals surface area contributed by atoms with Gasteiger partial charge in [-0.3, -0.25) is 4.79 Å². The van der Waals surface area contributed by atoms with Crippen molar-refractivity contribution in [2.45, 2.75) is 64.4 Å². The fourth-order valence-corrected chi connectivity index (χ4v) is 6.64. The zero-order valence-electron chi connectivity index (χ0n) is 23.0. The van der Waals surface area contributed by atoms with E-state index in [0.717, 1.165) is 24.1 Å². The summed E-state index contributed by atoms with van der Waals surface area (Å²) in [5, 5.41) is 15.7. The molecule has 0 bridgehead atoms. The number of hydrogen-bond acceptors (Lipinski definition) is 7. The summed E-state index contributed by atoms with van der Waals surface area (Å²) < 4.78 is 35.9. The quantitative estimate of drug-likeness (QED) is 0.402. The SMILES string of the molecule is CCCc1c(C(O)CCC)c(C)c2c(=O)[nH]c(-c3cc(S(=O)(=O)N4CCN(C)CC4)ccc3OCC)nn12. The number of piperazine rings is 1. The topological polar surface area (TPSA) is 120 Å². The Bertz CT molecular complexity index is 1450. The van der Waals surface area contributed by atoms with Crippen molar-refractivity contribution in [1.82, 2.24) is 23.8 Å². The van der Waals surface area contributed by atoms with Gasteiger partial charge in [0.25, 0.3) is 5.56 Å². The fraction of sp³-hybridized carbons (Fsp3) is 0.556. The fourth-order valence-electron chi connectivity index (χ4n) is 5.19. The normalized spacial score (nSPS) is 16.3. The first-order chi connectivity index (χ1) is 18.1. The number of aryl methyl sites for hydroxylation is 2. The van der Waals surface area contributed by atoms with Crippen molar-refractivity contribution in [3.05, 3.63) is 45.4 Å². The Balaban J connectivity index is 1.90. The third-order valence-corrected chi connectivity index (χ3v) is 9.07. The molecule has 1 fully saturated rings. The van der Waals surface area contributed by atoms with Crippen LogP contribution in [0.25, 0.3) is 16.9 Å². The van der Waals surface area contributed by atoms with Gasteiger partial charge >= 0.3 is 0 Å². The van der Waals surface area contributed by atoms with E-state index in [0.29, 0.717) is 68.0 Å². The van der Waals surface area contributed by atoms with E-state index in [2.05, 4.69) is 9.88 Å². The summed E-state index contributed by atoms with van der Waals surface area (Å²) in [5.41, 5.74) is 2.69. The lowest BCUT2D eigenvalue weighted by Gasteiger charge is -2.31. The second-order valence-electron chi connectivity index (χ2n) is 9.90. The molecule has 0 saturated carbocycles. The van der Waals surface area contributed by atoms with Gasteiger partial charge in [0, 0.05) is 37.4 Å². The average Bonchev–Trinajstić information content (AvgIpc) is 3.16. The van der Waals surface area contributed by atoms with E-state index in [4.69, 9.17) is 9.84 Å². The molecule has 0 radical (unpaired) electrons. The van der Waals surface area contributed by atoms with Crippen LogP contribution in [0.3, 0.4) is 0 Å². The van der Waals surface area contributed by atoms with Crippen molar-refractivity contribution in [3.8, 4) is 17.1 Å². The van der Waals surface area contributed by atoms with Crippen LogP contribution in [0, 0.1) is 6.92 Å². The van der Waals surface area contributed by atoms with Gasteiger partial charge in [0.1, 0.15) is 11.3 Å². The molecule has 3 aromatic rings. The lowest BCUT2D eigenvalue weighted by molar-refractivity contribution is 0.164. The van der Waals surface area contributed by atoms with E-state index in [-0.39, 0.29) is 16.3 Å². The number of fused-ring (bicyclic) bond motifs is 1. The molecule has 10 nitrogen and oxygen atoms in total. The molecule has 208 valence electrons. The average molecular weight is 546 g/mol. The van der Waals surface area contributed by atoms with E-state index in [1.165, 1.54) is 10.4 Å². The van der Waals surface area contributed by atoms with Crippen molar-refractivity contribution in [2.75, 3.05) is 39.8 Å². The van der Waals surface area contributed by atoms with Crippen molar-refractivity contribution in [1.29, 1.82) is 0 Å². The zero-order valence-corrected chi connectivity index (χ0v) is 23.8. The number of sulfonamides is 1. The minimum absolute atomic E-state index is 0.125. The number of aliphatic hydroxyl groups excluding tert-OH is 1. The summed E-state index contributed by atoms with van der Waals surface area (Å²) in [6, 6.07) is 4.70. The molecule has 1 aliphatic heterocycles. The molecule has 11 heteroatoms. The van der Waals surface area contributed by atoms with Crippen LogP contribution in [0.5, 0.6) is 5.75 Å². The summed E-state index contributed by atoms with van der Waals surface area (Å²) >= 11 is 0. The molecule has 4 rings (SSSR count). The third-order valence-electron chi connectivity index (χ3n) is 7.17. The number of likely N-dealkylation sites (N-methyl/N-ethyl adjacent to an activating group) is 1. The van der Waals surface area contributed by atoms with Crippen molar-refractivity contribution < 1.29 is 18.3 Å². The number of benzene rings is 1. The largest absolute Gasteiger partial charge is 0.493 e. The van der Waals surface area contributed by atoms with Crippen LogP contribution >= 0.6 is 0 Å². The Kier molecular flexibility index (Phi) is 8.61. The Morgan fingerprint density at radius 1 is 1.13 bits per heavy atom. The lowest BCUT2D eigenvalue weighted by atomic mass is 9.99. The van der Waals surface area contributed by atoms with E-state index < -0.39 is 16.1 Å². The van der Waals surface area contributed by atoms with Gasteiger partial charge in [-0.25, -0.2) is 12.9 Å². The Morgan fingerprint density at radius 2 is 1.84 bits per heavy atom. The molecule has 38 heavy (non-hydrogen) atoms. The number of nitrogens with one attached hydrogen (secondary N) is 1. The van der Waals surface area contributed by atoms with Crippen LogP contribution in [0.1, 0.15) is 63.0 Å². The van der Waals surface area contributed by atoms with Gasteiger partial charge in [0.05, 0.1) is 23.2 Å². The molecule has 1 aliphatic rings. The highest BCUT2D eigenvalue weighted by Gasteiger charge is 2.29. The van der Waals surface area contributed by atoms with E-state index in [1.54, 1.807) is 16.6 Å². The van der Waals surface area contributed by atoms with E-state index >= 15 is 0 Å². The van der Waals surface area contributed by atoms with E-state index in [1.807, 2.05) is 34.7 Å². The molecule has 0 amide bonds. The van der Waals surface area contributed by atoms with Gasteiger partial charge in [-0.05, 0) is 57.5 Å². The van der Waals surface area contributed by atoms with Crippen molar-refractivity contribution in [3.63, 3.8) is 0 Å². The van der Waals surface area contributed by atoms with Crippen LogP contribution in [-0.2, 0) is 16.4 Å². The van der Waals surface area contributed by atoms with Gasteiger partial charge < -0.3 is 19.7 Å². The second-order valence-corrected chi connectivity index (χ2v) is 11.8. The van der Waals surface area contributed by atoms with Crippen LogP contribution < -0.4 is 10.3 Å². The highest BCUT2D eigenvalue weighted by atomic mass is 32.2. The van der Waals surface area contributed by atoms with E-state index in [9.17, 15) is 18.3 Å².